The molecule has 0 heterocycles. The van der Waals surface area contributed by atoms with E-state index >= 15 is 0 Å². The monoisotopic (exact) mass is 241 g/mol. The average Bonchev–Trinajstić information content (AvgIpc) is 2.90. The lowest BCUT2D eigenvalue weighted by Gasteiger charge is -1.99. The van der Waals surface area contributed by atoms with Crippen LogP contribution in [-0.4, -0.2) is 10.7 Å². The molecule has 0 bridgehead atoms. The van der Waals surface area contributed by atoms with Crippen molar-refractivity contribution in [2.75, 3.05) is 0 Å². The molecule has 0 N–H and O–H groups in total. The zero-order chi connectivity index (χ0) is 13.0. The first kappa shape index (κ1) is 12.0. The lowest BCUT2D eigenvalue weighted by Crippen LogP contribution is -2.03. The van der Waals surface area contributed by atoms with Crippen molar-refractivity contribution in [3.8, 4) is 0 Å². The molecule has 0 fully saturated rings. The van der Waals surface area contributed by atoms with Crippen molar-refractivity contribution in [2.45, 2.75) is 0 Å². The number of rotatable bonds is 4. The lowest BCUT2D eigenvalue weighted by atomic mass is 10.0. The molecule has 2 rings (SSSR count). The van der Waals surface area contributed by atoms with Gasteiger partial charge in [-0.05, 0) is 18.2 Å². The first-order valence-electron chi connectivity index (χ1n) is 5.49. The van der Waals surface area contributed by atoms with Gasteiger partial charge in [0.05, 0.1) is 16.4 Å². The zero-order valence-electron chi connectivity index (χ0n) is 9.52. The molecule has 0 unspecified atom stereocenters. The average molecular weight is 241 g/mol. The third kappa shape index (κ3) is 2.60. The van der Waals surface area contributed by atoms with Gasteiger partial charge in [0, 0.05) is 6.07 Å². The van der Waals surface area contributed by atoms with Gasteiger partial charge < -0.3 is 0 Å². The summed E-state index contributed by atoms with van der Waals surface area (Å²) in [5.41, 5.74) is 0.431. The number of allylic oxidation sites excluding steroid dienone is 5. The first-order chi connectivity index (χ1) is 8.68. The van der Waals surface area contributed by atoms with Gasteiger partial charge >= 0.3 is 0 Å². The highest BCUT2D eigenvalue weighted by Crippen LogP contribution is 2.19. The molecule has 0 amide bonds. The topological polar surface area (TPSA) is 60.2 Å². The highest BCUT2D eigenvalue weighted by molar-refractivity contribution is 5.98. The Morgan fingerprint density at radius 2 is 1.89 bits per heavy atom. The maximum Gasteiger partial charge on any atom is 0.276 e. The normalized spacial score (nSPS) is 14.4. The molecule has 0 radical (unpaired) electrons. The molecule has 1 aromatic rings. The number of ketones is 1. The second-order valence-corrected chi connectivity index (χ2v) is 3.85. The van der Waals surface area contributed by atoms with E-state index in [9.17, 15) is 14.9 Å². The summed E-state index contributed by atoms with van der Waals surface area (Å²) in [4.78, 5) is 22.1. The van der Waals surface area contributed by atoms with Crippen LogP contribution in [0.2, 0.25) is 0 Å². The van der Waals surface area contributed by atoms with Crippen molar-refractivity contribution >= 4 is 17.5 Å². The highest BCUT2D eigenvalue weighted by atomic mass is 16.6. The van der Waals surface area contributed by atoms with Crippen LogP contribution in [0, 0.1) is 16.0 Å². The van der Waals surface area contributed by atoms with Crippen molar-refractivity contribution in [2.24, 2.45) is 5.92 Å². The molecule has 4 nitrogen and oxygen atoms in total. The Bertz CT molecular complexity index is 558. The van der Waals surface area contributed by atoms with E-state index in [1.165, 1.54) is 18.2 Å². The maximum atomic E-state index is 11.7. The van der Waals surface area contributed by atoms with Crippen LogP contribution >= 0.6 is 0 Å². The third-order valence-corrected chi connectivity index (χ3v) is 2.64. The fourth-order valence-electron chi connectivity index (χ4n) is 1.70. The summed E-state index contributed by atoms with van der Waals surface area (Å²) in [6.07, 6.45) is 10.0. The molecule has 0 spiro atoms. The summed E-state index contributed by atoms with van der Waals surface area (Å²) >= 11 is 0. The Labute approximate surface area is 104 Å². The fraction of sp³-hybridized carbons (Fsp3) is 0.0714. The number of nitro benzene ring substituents is 1. The molecular formula is C14H11NO3. The predicted octanol–water partition coefficient (Wildman–Crippen LogP) is 2.92. The fourth-order valence-corrected chi connectivity index (χ4v) is 1.70. The number of nitro groups is 1. The molecule has 1 aliphatic carbocycles. The number of nitrogens with zero attached hydrogens (tertiary/aromatic N) is 1. The van der Waals surface area contributed by atoms with E-state index in [-0.39, 0.29) is 17.4 Å². The minimum Gasteiger partial charge on any atom is -0.294 e. The van der Waals surface area contributed by atoms with Crippen molar-refractivity contribution in [3.63, 3.8) is 0 Å². The predicted molar refractivity (Wildman–Crippen MR) is 68.9 cm³/mol. The lowest BCUT2D eigenvalue weighted by molar-refractivity contribution is -0.385. The van der Waals surface area contributed by atoms with Crippen LogP contribution in [0.1, 0.15) is 5.56 Å². The van der Waals surface area contributed by atoms with Gasteiger partial charge in [0.25, 0.3) is 5.69 Å². The van der Waals surface area contributed by atoms with Gasteiger partial charge in [-0.3, -0.25) is 14.9 Å². The van der Waals surface area contributed by atoms with Gasteiger partial charge in [0.15, 0.2) is 5.78 Å². The summed E-state index contributed by atoms with van der Waals surface area (Å²) in [5.74, 6) is -0.331. The van der Waals surface area contributed by atoms with E-state index in [1.807, 2.05) is 0 Å². The molecule has 0 atom stereocenters. The molecular weight excluding hydrogens is 230 g/mol. The largest absolute Gasteiger partial charge is 0.294 e. The van der Waals surface area contributed by atoms with E-state index in [1.54, 1.807) is 42.5 Å². The molecule has 0 saturated carbocycles. The van der Waals surface area contributed by atoms with E-state index in [0.717, 1.165) is 0 Å². The quantitative estimate of drug-likeness (QED) is 0.462. The van der Waals surface area contributed by atoms with E-state index in [2.05, 4.69) is 0 Å². The molecule has 18 heavy (non-hydrogen) atoms. The molecule has 4 heteroatoms. The van der Waals surface area contributed by atoms with Crippen molar-refractivity contribution < 1.29 is 9.72 Å². The zero-order valence-corrected chi connectivity index (χ0v) is 9.52. The molecule has 0 aliphatic heterocycles. The molecule has 90 valence electrons. The minimum atomic E-state index is -0.459. The van der Waals surface area contributed by atoms with Gasteiger partial charge in [-0.15, -0.1) is 0 Å². The van der Waals surface area contributed by atoms with Gasteiger partial charge in [0.2, 0.25) is 0 Å². The Balaban J connectivity index is 2.18. The number of hydrogen-bond acceptors (Lipinski definition) is 3. The van der Waals surface area contributed by atoms with Crippen LogP contribution in [0.5, 0.6) is 0 Å². The summed E-state index contributed by atoms with van der Waals surface area (Å²) < 4.78 is 0. The highest BCUT2D eigenvalue weighted by Gasteiger charge is 2.13. The van der Waals surface area contributed by atoms with Gasteiger partial charge in [0.1, 0.15) is 0 Å². The number of carbonyl (C=O) groups excluding carboxylic acids is 1. The van der Waals surface area contributed by atoms with Crippen LogP contribution in [0.3, 0.4) is 0 Å². The van der Waals surface area contributed by atoms with E-state index in [0.29, 0.717) is 5.56 Å². The Kier molecular flexibility index (Phi) is 3.48. The summed E-state index contributed by atoms with van der Waals surface area (Å²) in [6, 6.07) is 6.33. The molecule has 1 aliphatic rings. The van der Waals surface area contributed by atoms with Crippen molar-refractivity contribution in [1.82, 2.24) is 0 Å². The first-order valence-corrected chi connectivity index (χ1v) is 5.49. The van der Waals surface area contributed by atoms with Crippen LogP contribution in [-0.2, 0) is 4.79 Å². The minimum absolute atomic E-state index is 0.000874. The van der Waals surface area contributed by atoms with Crippen LogP contribution in [0.25, 0.3) is 6.08 Å². The Hall–Kier alpha value is -2.49. The van der Waals surface area contributed by atoms with Gasteiger partial charge in [-0.2, -0.15) is 0 Å². The van der Waals surface area contributed by atoms with Gasteiger partial charge in [-0.1, -0.05) is 36.4 Å². The van der Waals surface area contributed by atoms with Crippen LogP contribution < -0.4 is 0 Å². The van der Waals surface area contributed by atoms with E-state index < -0.39 is 4.92 Å². The number of hydrogen-bond donors (Lipinski definition) is 0. The number of benzene rings is 1. The van der Waals surface area contributed by atoms with Crippen molar-refractivity contribution in [1.29, 1.82) is 0 Å². The third-order valence-electron chi connectivity index (χ3n) is 2.64. The molecule has 0 aromatic heterocycles. The molecule has 1 aromatic carbocycles. The smallest absolute Gasteiger partial charge is 0.276 e. The van der Waals surface area contributed by atoms with Crippen LogP contribution in [0.4, 0.5) is 5.69 Å². The molecule has 0 saturated heterocycles. The second kappa shape index (κ2) is 5.23. The van der Waals surface area contributed by atoms with Crippen molar-refractivity contribution in [3.05, 3.63) is 70.3 Å². The summed E-state index contributed by atoms with van der Waals surface area (Å²) in [6.45, 7) is 0. The Morgan fingerprint density at radius 1 is 1.22 bits per heavy atom. The second-order valence-electron chi connectivity index (χ2n) is 3.85. The summed E-state index contributed by atoms with van der Waals surface area (Å²) in [5, 5.41) is 10.8. The standard InChI is InChI=1S/C14H11NO3/c16-14(12-6-1-2-7-12)10-9-11-5-3-4-8-13(11)15(17)18/h1-10,12H/b10-9+. The number of para-hydroxylation sites is 1. The maximum absolute atomic E-state index is 11.7. The summed E-state index contributed by atoms with van der Waals surface area (Å²) in [7, 11) is 0. The SMILES string of the molecule is O=C(/C=C/c1ccccc1[N+](=O)[O-])C1C=CC=C1. The van der Waals surface area contributed by atoms with Gasteiger partial charge in [-0.25, -0.2) is 0 Å². The Morgan fingerprint density at radius 3 is 2.56 bits per heavy atom. The van der Waals surface area contributed by atoms with E-state index in [4.69, 9.17) is 0 Å². The van der Waals surface area contributed by atoms with Crippen LogP contribution in [0.15, 0.2) is 54.6 Å². The number of carbonyl (C=O) groups is 1.